The average molecular weight is 531 g/mol. The van der Waals surface area contributed by atoms with Gasteiger partial charge in [-0.2, -0.15) is 13.2 Å². The van der Waals surface area contributed by atoms with E-state index in [1.807, 2.05) is 4.90 Å². The summed E-state index contributed by atoms with van der Waals surface area (Å²) in [6.45, 7) is 0.782. The van der Waals surface area contributed by atoms with Crippen LogP contribution in [0.1, 0.15) is 12.0 Å². The number of carbonyl (C=O) groups excluding carboxylic acids is 1. The molecule has 1 aromatic heterocycles. The van der Waals surface area contributed by atoms with E-state index in [2.05, 4.69) is 9.98 Å². The molecule has 0 aromatic carbocycles. The minimum Gasteiger partial charge on any atom is -0.355 e. The van der Waals surface area contributed by atoms with Crippen LogP contribution in [-0.2, 0) is 11.0 Å². The lowest BCUT2D eigenvalue weighted by Gasteiger charge is -2.43. The van der Waals surface area contributed by atoms with Crippen LogP contribution in [0.5, 0.6) is 0 Å². The Hall–Kier alpha value is -2.34. The molecule has 34 heavy (non-hydrogen) atoms. The number of amides is 1. The highest BCUT2D eigenvalue weighted by Crippen LogP contribution is 2.35. The fraction of sp³-hybridized carbons (Fsp3) is 0.550. The van der Waals surface area contributed by atoms with E-state index in [0.29, 0.717) is 32.0 Å². The number of aliphatic imine (C=N–C) groups is 1. The monoisotopic (exact) mass is 530 g/mol. The van der Waals surface area contributed by atoms with Crippen molar-refractivity contribution >= 4 is 42.8 Å². The summed E-state index contributed by atoms with van der Waals surface area (Å²) in [5.41, 5.74) is -0.775. The van der Waals surface area contributed by atoms with Gasteiger partial charge in [0.25, 0.3) is 11.8 Å². The lowest BCUT2D eigenvalue weighted by atomic mass is 10.2. The highest BCUT2D eigenvalue weighted by molar-refractivity contribution is 5.86. The van der Waals surface area contributed by atoms with E-state index in [1.165, 1.54) is 18.5 Å². The van der Waals surface area contributed by atoms with Crippen molar-refractivity contribution in [3.63, 3.8) is 0 Å². The quantitative estimate of drug-likeness (QED) is 0.562. The summed E-state index contributed by atoms with van der Waals surface area (Å²) in [6.07, 6.45) is -1.29. The molecule has 0 aliphatic carbocycles. The molecule has 0 bridgehead atoms. The first-order chi connectivity index (χ1) is 15.1. The first-order valence-electron chi connectivity index (χ1n) is 10.2. The SMILES string of the molecule is CN1C(N2CCN(c3ncccc3C(F)(F)F)CC2)=CC=N[C@@H]1C(=O)N1CCC(F)(F)C1.Cl.Cl. The number of rotatable bonds is 3. The second-order valence-corrected chi connectivity index (χ2v) is 8.02. The van der Waals surface area contributed by atoms with Crippen molar-refractivity contribution in [1.29, 1.82) is 0 Å². The van der Waals surface area contributed by atoms with Gasteiger partial charge in [0.05, 0.1) is 12.1 Å². The van der Waals surface area contributed by atoms with Gasteiger partial charge in [0, 0.05) is 58.6 Å². The van der Waals surface area contributed by atoms with Gasteiger partial charge in [-0.15, -0.1) is 24.8 Å². The Morgan fingerprint density at radius 1 is 1.09 bits per heavy atom. The third-order valence-electron chi connectivity index (χ3n) is 5.88. The number of pyridine rings is 1. The van der Waals surface area contributed by atoms with Gasteiger partial charge in [0.1, 0.15) is 11.6 Å². The molecule has 0 spiro atoms. The molecule has 3 aliphatic rings. The predicted molar refractivity (Wildman–Crippen MR) is 122 cm³/mol. The Bertz CT molecular complexity index is 936. The number of piperazine rings is 1. The van der Waals surface area contributed by atoms with Crippen LogP contribution in [0.2, 0.25) is 0 Å². The molecule has 4 rings (SSSR count). The number of hydrogen-bond donors (Lipinski definition) is 0. The van der Waals surface area contributed by atoms with Crippen molar-refractivity contribution in [2.75, 3.05) is 51.2 Å². The van der Waals surface area contributed by atoms with E-state index in [-0.39, 0.29) is 43.6 Å². The third kappa shape index (κ3) is 5.65. The van der Waals surface area contributed by atoms with Crippen LogP contribution < -0.4 is 4.90 Å². The summed E-state index contributed by atoms with van der Waals surface area (Å²) in [4.78, 5) is 27.1. The maximum absolute atomic E-state index is 13.5. The number of allylic oxidation sites excluding steroid dienone is 1. The van der Waals surface area contributed by atoms with Crippen molar-refractivity contribution in [2.45, 2.75) is 24.7 Å². The maximum Gasteiger partial charge on any atom is 0.419 e. The van der Waals surface area contributed by atoms with Gasteiger partial charge in [-0.05, 0) is 18.2 Å². The molecule has 1 amide bonds. The molecule has 14 heteroatoms. The Labute approximate surface area is 206 Å². The number of nitrogens with zero attached hydrogens (tertiary/aromatic N) is 6. The number of alkyl halides is 5. The van der Waals surface area contributed by atoms with E-state index in [4.69, 9.17) is 0 Å². The Morgan fingerprint density at radius 3 is 2.32 bits per heavy atom. The lowest BCUT2D eigenvalue weighted by Crippen LogP contribution is -2.53. The minimum absolute atomic E-state index is 0. The first-order valence-corrected chi connectivity index (χ1v) is 10.2. The van der Waals surface area contributed by atoms with Crippen molar-refractivity contribution in [2.24, 2.45) is 4.99 Å². The second kappa shape index (κ2) is 10.5. The number of carbonyl (C=O) groups is 1. The van der Waals surface area contributed by atoms with E-state index in [0.717, 1.165) is 11.0 Å². The Kier molecular flexibility index (Phi) is 8.62. The second-order valence-electron chi connectivity index (χ2n) is 8.02. The maximum atomic E-state index is 13.5. The molecule has 1 atom stereocenters. The fourth-order valence-electron chi connectivity index (χ4n) is 4.20. The first kappa shape index (κ1) is 27.9. The number of hydrogen-bond acceptors (Lipinski definition) is 6. The molecule has 0 N–H and O–H groups in total. The molecule has 1 aromatic rings. The summed E-state index contributed by atoms with van der Waals surface area (Å²) in [6, 6.07) is 2.28. The predicted octanol–water partition coefficient (Wildman–Crippen LogP) is 3.12. The lowest BCUT2D eigenvalue weighted by molar-refractivity contribution is -0.137. The number of aromatic nitrogens is 1. The Balaban J connectivity index is 0.00000204. The molecule has 7 nitrogen and oxygen atoms in total. The Morgan fingerprint density at radius 2 is 1.74 bits per heavy atom. The van der Waals surface area contributed by atoms with Crippen molar-refractivity contribution in [1.82, 2.24) is 19.7 Å². The molecule has 3 aliphatic heterocycles. The van der Waals surface area contributed by atoms with E-state index < -0.39 is 36.3 Å². The molecule has 4 heterocycles. The number of halogens is 7. The summed E-state index contributed by atoms with van der Waals surface area (Å²) >= 11 is 0. The summed E-state index contributed by atoms with van der Waals surface area (Å²) in [7, 11) is 1.66. The van der Waals surface area contributed by atoms with E-state index in [1.54, 1.807) is 22.9 Å². The number of likely N-dealkylation sites (N-methyl/N-ethyl adjacent to an activating group) is 1. The molecule has 0 unspecified atom stereocenters. The molecule has 2 fully saturated rings. The van der Waals surface area contributed by atoms with Gasteiger partial charge in [0.15, 0.2) is 0 Å². The number of likely N-dealkylation sites (tertiary alicyclic amines) is 1. The fourth-order valence-corrected chi connectivity index (χ4v) is 4.20. The van der Waals surface area contributed by atoms with Crippen molar-refractivity contribution in [3.8, 4) is 0 Å². The largest absolute Gasteiger partial charge is 0.419 e. The van der Waals surface area contributed by atoms with E-state index >= 15 is 0 Å². The molecular formula is C20H25Cl2F5N6O. The molecule has 2 saturated heterocycles. The zero-order valence-electron chi connectivity index (χ0n) is 18.2. The zero-order chi connectivity index (χ0) is 23.1. The summed E-state index contributed by atoms with van der Waals surface area (Å²) in [5, 5.41) is 0. The van der Waals surface area contributed by atoms with Crippen molar-refractivity contribution in [3.05, 3.63) is 35.8 Å². The molecule has 0 radical (unpaired) electrons. The average Bonchev–Trinajstić information content (AvgIpc) is 3.13. The van der Waals surface area contributed by atoms with Crippen LogP contribution >= 0.6 is 24.8 Å². The number of anilines is 1. The van der Waals surface area contributed by atoms with Gasteiger partial charge in [0.2, 0.25) is 6.17 Å². The van der Waals surface area contributed by atoms with Crippen LogP contribution in [0.25, 0.3) is 0 Å². The highest BCUT2D eigenvalue weighted by Gasteiger charge is 2.43. The molecule has 190 valence electrons. The smallest absolute Gasteiger partial charge is 0.355 e. The van der Waals surface area contributed by atoms with Gasteiger partial charge >= 0.3 is 6.18 Å². The highest BCUT2D eigenvalue weighted by atomic mass is 35.5. The van der Waals surface area contributed by atoms with Gasteiger partial charge in [-0.1, -0.05) is 0 Å². The topological polar surface area (TPSA) is 55.3 Å². The summed E-state index contributed by atoms with van der Waals surface area (Å²) in [5.74, 6) is -2.81. The van der Waals surface area contributed by atoms with Gasteiger partial charge < -0.3 is 19.6 Å². The molecular weight excluding hydrogens is 506 g/mol. The standard InChI is InChI=1S/C20H23F5N6O.2ClH/c1-28-15(4-7-27-17(28)18(32)31-8-5-19(21,22)13-31)29-9-11-30(12-10-29)16-14(20(23,24)25)3-2-6-26-16;;/h2-4,6-7,17H,5,8-13H2,1H3;2*1H/t17-;;/m0../s1. The molecule has 0 saturated carbocycles. The van der Waals surface area contributed by atoms with Crippen LogP contribution in [-0.4, -0.2) is 90.2 Å². The zero-order valence-corrected chi connectivity index (χ0v) is 19.8. The van der Waals surface area contributed by atoms with Gasteiger partial charge in [-0.3, -0.25) is 9.79 Å². The van der Waals surface area contributed by atoms with Crippen LogP contribution in [0.3, 0.4) is 0 Å². The van der Waals surface area contributed by atoms with E-state index in [9.17, 15) is 26.7 Å². The van der Waals surface area contributed by atoms with Crippen molar-refractivity contribution < 1.29 is 26.7 Å². The van der Waals surface area contributed by atoms with Gasteiger partial charge in [-0.25, -0.2) is 13.8 Å². The summed E-state index contributed by atoms with van der Waals surface area (Å²) < 4.78 is 67.0. The minimum atomic E-state index is -4.50. The van der Waals surface area contributed by atoms with Crippen LogP contribution in [0, 0.1) is 0 Å². The van der Waals surface area contributed by atoms with Crippen LogP contribution in [0.15, 0.2) is 35.2 Å². The normalized spacial score (nSPS) is 22.2. The van der Waals surface area contributed by atoms with Crippen LogP contribution in [0.4, 0.5) is 27.8 Å². The third-order valence-corrected chi connectivity index (χ3v) is 5.88.